The second kappa shape index (κ2) is 9.71. The molecule has 0 atom stereocenters. The van der Waals surface area contributed by atoms with E-state index in [0.29, 0.717) is 37.4 Å². The third-order valence-electron chi connectivity index (χ3n) is 3.37. The first-order chi connectivity index (χ1) is 12.8. The SMILES string of the molecule is Oc1cc(Cl)c(OCCCCO/N=C/c2ccc(C(F)(F)F)cc2)c(Cl)c1. The molecule has 0 aliphatic carbocycles. The number of aromatic hydroxyl groups is 1. The second-order valence-corrected chi connectivity index (χ2v) is 6.30. The number of phenols is 1. The summed E-state index contributed by atoms with van der Waals surface area (Å²) in [6.45, 7) is 0.660. The molecular formula is C18H16Cl2F3NO3. The fraction of sp³-hybridized carbons (Fsp3) is 0.278. The van der Waals surface area contributed by atoms with Crippen molar-refractivity contribution in [1.29, 1.82) is 0 Å². The van der Waals surface area contributed by atoms with Crippen molar-refractivity contribution in [3.63, 3.8) is 0 Å². The maximum absolute atomic E-state index is 12.4. The summed E-state index contributed by atoms with van der Waals surface area (Å²) in [6.07, 6.45) is -1.74. The van der Waals surface area contributed by atoms with Crippen molar-refractivity contribution in [2.75, 3.05) is 13.2 Å². The van der Waals surface area contributed by atoms with Crippen LogP contribution in [0.3, 0.4) is 0 Å². The van der Waals surface area contributed by atoms with Crippen molar-refractivity contribution in [2.24, 2.45) is 5.16 Å². The molecule has 0 heterocycles. The highest BCUT2D eigenvalue weighted by Crippen LogP contribution is 2.36. The predicted octanol–water partition coefficient (Wildman–Crippen LogP) is 5.93. The second-order valence-electron chi connectivity index (χ2n) is 5.48. The quantitative estimate of drug-likeness (QED) is 0.326. The molecule has 0 bridgehead atoms. The lowest BCUT2D eigenvalue weighted by atomic mass is 10.1. The van der Waals surface area contributed by atoms with Crippen LogP contribution in [-0.4, -0.2) is 24.5 Å². The maximum Gasteiger partial charge on any atom is 0.416 e. The Balaban J connectivity index is 1.65. The van der Waals surface area contributed by atoms with Gasteiger partial charge in [0.05, 0.1) is 28.4 Å². The van der Waals surface area contributed by atoms with Gasteiger partial charge in [-0.05, 0) is 30.5 Å². The third kappa shape index (κ3) is 6.84. The molecule has 2 rings (SSSR count). The summed E-state index contributed by atoms with van der Waals surface area (Å²) in [7, 11) is 0. The van der Waals surface area contributed by atoms with Crippen LogP contribution in [0.15, 0.2) is 41.6 Å². The van der Waals surface area contributed by atoms with E-state index in [1.54, 1.807) is 0 Å². The highest BCUT2D eigenvalue weighted by atomic mass is 35.5. The van der Waals surface area contributed by atoms with E-state index in [1.165, 1.54) is 30.5 Å². The summed E-state index contributed by atoms with van der Waals surface area (Å²) in [4.78, 5) is 5.06. The Morgan fingerprint density at radius 1 is 1.00 bits per heavy atom. The highest BCUT2D eigenvalue weighted by molar-refractivity contribution is 6.37. The van der Waals surface area contributed by atoms with Gasteiger partial charge in [0.2, 0.25) is 0 Å². The van der Waals surface area contributed by atoms with Gasteiger partial charge in [0.1, 0.15) is 12.4 Å². The molecule has 0 spiro atoms. The van der Waals surface area contributed by atoms with Crippen molar-refractivity contribution in [3.8, 4) is 11.5 Å². The van der Waals surface area contributed by atoms with E-state index in [2.05, 4.69) is 5.16 Å². The van der Waals surface area contributed by atoms with Gasteiger partial charge >= 0.3 is 6.18 Å². The molecule has 0 fully saturated rings. The van der Waals surface area contributed by atoms with Crippen LogP contribution in [0.2, 0.25) is 10.0 Å². The molecule has 1 N–H and O–H groups in total. The fourth-order valence-electron chi connectivity index (χ4n) is 2.04. The number of phenolic OH excluding ortho intramolecular Hbond substituents is 1. The lowest BCUT2D eigenvalue weighted by molar-refractivity contribution is -0.137. The molecule has 0 aromatic heterocycles. The summed E-state index contributed by atoms with van der Waals surface area (Å²) in [5.41, 5.74) is -0.211. The van der Waals surface area contributed by atoms with Gasteiger partial charge < -0.3 is 14.7 Å². The van der Waals surface area contributed by atoms with E-state index in [1.807, 2.05) is 0 Å². The Hall–Kier alpha value is -2.12. The average Bonchev–Trinajstić information content (AvgIpc) is 2.58. The van der Waals surface area contributed by atoms with Crippen molar-refractivity contribution < 1.29 is 27.9 Å². The maximum atomic E-state index is 12.4. The Bertz CT molecular complexity index is 757. The molecule has 9 heteroatoms. The van der Waals surface area contributed by atoms with Gasteiger partial charge in [-0.25, -0.2) is 0 Å². The van der Waals surface area contributed by atoms with Gasteiger partial charge in [-0.3, -0.25) is 0 Å². The number of halogens is 5. The Morgan fingerprint density at radius 2 is 1.59 bits per heavy atom. The van der Waals surface area contributed by atoms with Crippen molar-refractivity contribution in [2.45, 2.75) is 19.0 Å². The summed E-state index contributed by atoms with van der Waals surface area (Å²) >= 11 is 11.9. The molecule has 146 valence electrons. The van der Waals surface area contributed by atoms with Crippen LogP contribution in [-0.2, 0) is 11.0 Å². The van der Waals surface area contributed by atoms with Crippen molar-refractivity contribution in [1.82, 2.24) is 0 Å². The van der Waals surface area contributed by atoms with Crippen LogP contribution in [0.5, 0.6) is 11.5 Å². The van der Waals surface area contributed by atoms with E-state index in [0.717, 1.165) is 12.1 Å². The molecule has 0 saturated carbocycles. The first-order valence-electron chi connectivity index (χ1n) is 7.91. The molecule has 0 saturated heterocycles. The molecule has 4 nitrogen and oxygen atoms in total. The minimum absolute atomic E-state index is 0.0448. The van der Waals surface area contributed by atoms with Gasteiger partial charge in [0.25, 0.3) is 0 Å². The summed E-state index contributed by atoms with van der Waals surface area (Å²) in [5, 5.41) is 13.5. The van der Waals surface area contributed by atoms with Gasteiger partial charge in [-0.1, -0.05) is 40.5 Å². The lowest BCUT2D eigenvalue weighted by Gasteiger charge is -2.10. The molecular weight excluding hydrogens is 406 g/mol. The largest absolute Gasteiger partial charge is 0.508 e. The number of nitrogens with zero attached hydrogens (tertiary/aromatic N) is 1. The van der Waals surface area contributed by atoms with Gasteiger partial charge in [-0.2, -0.15) is 13.2 Å². The van der Waals surface area contributed by atoms with E-state index in [-0.39, 0.29) is 15.8 Å². The van der Waals surface area contributed by atoms with Crippen LogP contribution in [0.25, 0.3) is 0 Å². The van der Waals surface area contributed by atoms with Crippen LogP contribution in [0.4, 0.5) is 13.2 Å². The third-order valence-corrected chi connectivity index (χ3v) is 3.94. The van der Waals surface area contributed by atoms with E-state index >= 15 is 0 Å². The van der Waals surface area contributed by atoms with E-state index in [9.17, 15) is 18.3 Å². The van der Waals surface area contributed by atoms with Crippen LogP contribution in [0.1, 0.15) is 24.0 Å². The lowest BCUT2D eigenvalue weighted by Crippen LogP contribution is -2.04. The van der Waals surface area contributed by atoms with Gasteiger partial charge in [0.15, 0.2) is 5.75 Å². The first-order valence-corrected chi connectivity index (χ1v) is 8.66. The summed E-state index contributed by atoms with van der Waals surface area (Å²) in [5.74, 6) is 0.258. The number of rotatable bonds is 8. The van der Waals surface area contributed by atoms with E-state index < -0.39 is 11.7 Å². The van der Waals surface area contributed by atoms with Crippen LogP contribution >= 0.6 is 23.2 Å². The molecule has 2 aromatic carbocycles. The van der Waals surface area contributed by atoms with Crippen LogP contribution in [0, 0.1) is 0 Å². The minimum Gasteiger partial charge on any atom is -0.508 e. The zero-order valence-electron chi connectivity index (χ0n) is 14.0. The standard InChI is InChI=1S/C18H16Cl2F3NO3/c19-15-9-14(25)10-16(20)17(15)26-7-1-2-8-27-24-11-12-3-5-13(6-4-12)18(21,22)23/h3-6,9-11,25H,1-2,7-8H2/b24-11+. The Kier molecular flexibility index (Phi) is 7.62. The number of unbranched alkanes of at least 4 members (excludes halogenated alkanes) is 1. The molecule has 0 aliphatic heterocycles. The van der Waals surface area contributed by atoms with Crippen molar-refractivity contribution in [3.05, 3.63) is 57.6 Å². The normalized spacial score (nSPS) is 11.7. The minimum atomic E-state index is -4.36. The van der Waals surface area contributed by atoms with Crippen molar-refractivity contribution >= 4 is 29.4 Å². The predicted molar refractivity (Wildman–Crippen MR) is 97.8 cm³/mol. The Morgan fingerprint density at radius 3 is 2.19 bits per heavy atom. The molecule has 0 radical (unpaired) electrons. The molecule has 0 unspecified atom stereocenters. The number of alkyl halides is 3. The fourth-order valence-corrected chi connectivity index (χ4v) is 2.62. The summed E-state index contributed by atoms with van der Waals surface area (Å²) in [6, 6.07) is 7.27. The Labute approximate surface area is 164 Å². The molecule has 2 aromatic rings. The number of oxime groups is 1. The summed E-state index contributed by atoms with van der Waals surface area (Å²) < 4.78 is 42.8. The average molecular weight is 422 g/mol. The molecule has 0 amide bonds. The highest BCUT2D eigenvalue weighted by Gasteiger charge is 2.29. The van der Waals surface area contributed by atoms with Crippen LogP contribution < -0.4 is 4.74 Å². The first kappa shape index (κ1) is 21.2. The number of ether oxygens (including phenoxy) is 1. The van der Waals surface area contributed by atoms with Gasteiger partial charge in [-0.15, -0.1) is 0 Å². The van der Waals surface area contributed by atoms with E-state index in [4.69, 9.17) is 32.8 Å². The number of benzene rings is 2. The number of hydrogen-bond acceptors (Lipinski definition) is 4. The zero-order chi connectivity index (χ0) is 19.9. The molecule has 27 heavy (non-hydrogen) atoms. The zero-order valence-corrected chi connectivity index (χ0v) is 15.5. The monoisotopic (exact) mass is 421 g/mol. The number of hydrogen-bond donors (Lipinski definition) is 1. The van der Waals surface area contributed by atoms with Gasteiger partial charge in [0, 0.05) is 12.1 Å². The molecule has 0 aliphatic rings. The smallest absolute Gasteiger partial charge is 0.416 e. The topological polar surface area (TPSA) is 51.0 Å².